The van der Waals surface area contributed by atoms with Gasteiger partial charge in [0.15, 0.2) is 11.5 Å². The summed E-state index contributed by atoms with van der Waals surface area (Å²) < 4.78 is 11.7. The summed E-state index contributed by atoms with van der Waals surface area (Å²) in [6.45, 7) is 0. The molecule has 1 aliphatic carbocycles. The highest BCUT2D eigenvalue weighted by Crippen LogP contribution is 2.55. The van der Waals surface area contributed by atoms with Crippen LogP contribution in [0.5, 0.6) is 11.5 Å². The van der Waals surface area contributed by atoms with E-state index >= 15 is 0 Å². The molecule has 1 N–H and O–H groups in total. The van der Waals surface area contributed by atoms with Crippen molar-refractivity contribution >= 4 is 38.9 Å². The van der Waals surface area contributed by atoms with Gasteiger partial charge in [0.05, 0.1) is 45.9 Å². The molecule has 8 heteroatoms. The summed E-state index contributed by atoms with van der Waals surface area (Å²) in [5.41, 5.74) is 2.38. The Morgan fingerprint density at radius 2 is 2.07 bits per heavy atom. The Morgan fingerprint density at radius 3 is 2.75 bits per heavy atom. The largest absolute Gasteiger partial charge is 0.493 e. The first-order valence-electron chi connectivity index (χ1n) is 8.77. The lowest BCUT2D eigenvalue weighted by molar-refractivity contribution is -0.385. The van der Waals surface area contributed by atoms with Crippen molar-refractivity contribution in [3.63, 3.8) is 0 Å². The molecule has 0 unspecified atom stereocenters. The van der Waals surface area contributed by atoms with Gasteiger partial charge >= 0.3 is 0 Å². The number of nitro benzene ring substituents is 1. The van der Waals surface area contributed by atoms with E-state index in [0.717, 1.165) is 16.5 Å². The Balaban J connectivity index is 1.86. The first-order chi connectivity index (χ1) is 13.5. The number of rotatable bonds is 4. The van der Waals surface area contributed by atoms with Gasteiger partial charge in [-0.1, -0.05) is 23.8 Å². The zero-order chi connectivity index (χ0) is 20.0. The van der Waals surface area contributed by atoms with Crippen molar-refractivity contribution in [2.75, 3.05) is 19.5 Å². The molecule has 0 radical (unpaired) electrons. The first kappa shape index (κ1) is 19.1. The summed E-state index contributed by atoms with van der Waals surface area (Å²) in [5, 5.41) is 15.5. The topological polar surface area (TPSA) is 73.6 Å². The molecule has 0 fully saturated rings. The van der Waals surface area contributed by atoms with Crippen LogP contribution in [0.1, 0.15) is 29.5 Å². The van der Waals surface area contributed by atoms with Crippen LogP contribution in [0.25, 0.3) is 0 Å². The molecule has 2 aliphatic rings. The molecule has 0 amide bonds. The van der Waals surface area contributed by atoms with Crippen LogP contribution >= 0.6 is 27.5 Å². The van der Waals surface area contributed by atoms with E-state index < -0.39 is 0 Å². The molecule has 146 valence electrons. The molecule has 1 heterocycles. The Labute approximate surface area is 175 Å². The number of fused-ring (bicyclic) bond motifs is 3. The fraction of sp³-hybridized carbons (Fsp3) is 0.300. The monoisotopic (exact) mass is 464 g/mol. The highest BCUT2D eigenvalue weighted by molar-refractivity contribution is 9.10. The van der Waals surface area contributed by atoms with Crippen molar-refractivity contribution in [3.8, 4) is 11.5 Å². The summed E-state index contributed by atoms with van der Waals surface area (Å²) >= 11 is 9.99. The number of anilines is 1. The molecule has 28 heavy (non-hydrogen) atoms. The highest BCUT2D eigenvalue weighted by atomic mass is 79.9. The number of ether oxygens (including phenoxy) is 2. The van der Waals surface area contributed by atoms with Crippen LogP contribution in [0, 0.1) is 16.0 Å². The molecule has 0 saturated heterocycles. The van der Waals surface area contributed by atoms with Crippen LogP contribution in [0.15, 0.2) is 40.9 Å². The van der Waals surface area contributed by atoms with E-state index in [1.165, 1.54) is 6.07 Å². The second-order valence-corrected chi connectivity index (χ2v) is 8.09. The smallest absolute Gasteiger partial charge is 0.275 e. The average molecular weight is 466 g/mol. The van der Waals surface area contributed by atoms with Gasteiger partial charge in [0.2, 0.25) is 0 Å². The van der Waals surface area contributed by atoms with Crippen molar-refractivity contribution in [2.45, 2.75) is 18.4 Å². The van der Waals surface area contributed by atoms with Gasteiger partial charge < -0.3 is 14.8 Å². The number of allylic oxidation sites excluding steroid dienone is 2. The lowest BCUT2D eigenvalue weighted by atomic mass is 9.76. The van der Waals surface area contributed by atoms with Crippen LogP contribution in [0.3, 0.4) is 0 Å². The average Bonchev–Trinajstić information content (AvgIpc) is 3.16. The summed E-state index contributed by atoms with van der Waals surface area (Å²) in [6, 6.07) is 6.91. The lowest BCUT2D eigenvalue weighted by Crippen LogP contribution is -2.30. The van der Waals surface area contributed by atoms with Crippen molar-refractivity contribution in [2.24, 2.45) is 5.92 Å². The van der Waals surface area contributed by atoms with E-state index in [1.54, 1.807) is 20.3 Å². The van der Waals surface area contributed by atoms with Crippen molar-refractivity contribution < 1.29 is 14.4 Å². The fourth-order valence-electron chi connectivity index (χ4n) is 4.26. The third kappa shape index (κ3) is 2.93. The third-order valence-corrected chi connectivity index (χ3v) is 6.36. The molecule has 2 aromatic rings. The van der Waals surface area contributed by atoms with Crippen LogP contribution in [0.2, 0.25) is 5.02 Å². The SMILES string of the molecule is COc1cc([C@@H]2Nc3c(Cl)ccc([N+](=O)[O-])c3[C@H]3C=CC[C@H]32)cc(Br)c1OC. The maximum absolute atomic E-state index is 11.6. The van der Waals surface area contributed by atoms with Crippen LogP contribution in [-0.4, -0.2) is 19.1 Å². The fourth-order valence-corrected chi connectivity index (χ4v) is 5.10. The highest BCUT2D eigenvalue weighted by Gasteiger charge is 2.42. The van der Waals surface area contributed by atoms with Crippen LogP contribution in [-0.2, 0) is 0 Å². The number of nitrogens with zero attached hydrogens (tertiary/aromatic N) is 1. The van der Waals surface area contributed by atoms with Gasteiger partial charge in [0.25, 0.3) is 5.69 Å². The van der Waals surface area contributed by atoms with E-state index in [1.807, 2.05) is 12.1 Å². The Bertz CT molecular complexity index is 995. The molecule has 6 nitrogen and oxygen atoms in total. The predicted molar refractivity (Wildman–Crippen MR) is 112 cm³/mol. The minimum atomic E-state index is -0.340. The van der Waals surface area contributed by atoms with E-state index in [0.29, 0.717) is 27.8 Å². The van der Waals surface area contributed by atoms with Crippen LogP contribution in [0.4, 0.5) is 11.4 Å². The Morgan fingerprint density at radius 1 is 1.29 bits per heavy atom. The van der Waals surface area contributed by atoms with Gasteiger partial charge in [0, 0.05) is 12.0 Å². The van der Waals surface area contributed by atoms with E-state index in [2.05, 4.69) is 33.4 Å². The summed E-state index contributed by atoms with van der Waals surface area (Å²) in [6.07, 6.45) is 4.95. The lowest BCUT2D eigenvalue weighted by Gasteiger charge is -2.37. The minimum Gasteiger partial charge on any atom is -0.493 e. The molecule has 3 atom stereocenters. The quantitative estimate of drug-likeness (QED) is 0.348. The molecule has 2 aromatic carbocycles. The normalized spacial score (nSPS) is 22.2. The molecule has 4 rings (SSSR count). The number of hydrogen-bond donors (Lipinski definition) is 1. The molecular formula is C20H18BrClN2O4. The van der Waals surface area contributed by atoms with Crippen molar-refractivity contribution in [1.29, 1.82) is 0 Å². The molecule has 0 saturated carbocycles. The minimum absolute atomic E-state index is 0.0766. The van der Waals surface area contributed by atoms with Crippen LogP contribution < -0.4 is 14.8 Å². The number of hydrogen-bond acceptors (Lipinski definition) is 5. The zero-order valence-corrected chi connectivity index (χ0v) is 17.6. The second kappa shape index (κ2) is 7.29. The van der Waals surface area contributed by atoms with Crippen molar-refractivity contribution in [1.82, 2.24) is 0 Å². The molecule has 0 bridgehead atoms. The maximum Gasteiger partial charge on any atom is 0.275 e. The van der Waals surface area contributed by atoms with Crippen molar-refractivity contribution in [3.05, 3.63) is 67.2 Å². The molecule has 1 aliphatic heterocycles. The van der Waals surface area contributed by atoms with Gasteiger partial charge in [-0.3, -0.25) is 10.1 Å². The summed E-state index contributed by atoms with van der Waals surface area (Å²) in [4.78, 5) is 11.3. The Hall–Kier alpha value is -2.25. The number of methoxy groups -OCH3 is 2. The van der Waals surface area contributed by atoms with E-state index in [4.69, 9.17) is 21.1 Å². The molecule has 0 spiro atoms. The third-order valence-electron chi connectivity index (χ3n) is 5.46. The molecular weight excluding hydrogens is 448 g/mol. The summed E-state index contributed by atoms with van der Waals surface area (Å²) in [7, 11) is 3.19. The van der Waals surface area contributed by atoms with Gasteiger partial charge in [-0.25, -0.2) is 0 Å². The predicted octanol–water partition coefficient (Wildman–Crippen LogP) is 5.85. The number of halogens is 2. The van der Waals surface area contributed by atoms with Gasteiger partial charge in [0.1, 0.15) is 0 Å². The Kier molecular flexibility index (Phi) is 4.97. The number of nitrogens with one attached hydrogen (secondary N) is 1. The van der Waals surface area contributed by atoms with Gasteiger partial charge in [-0.2, -0.15) is 0 Å². The van der Waals surface area contributed by atoms with Gasteiger partial charge in [-0.05, 0) is 52.0 Å². The standard InChI is InChI=1S/C20H18BrClN2O4/c1-27-16-9-10(8-13(21)20(16)28-2)18-12-5-3-4-11(12)17-15(24(25)26)7-6-14(22)19(17)23-18/h3-4,6-9,11-12,18,23H,5H2,1-2H3/t11-,12+,18-/m0/s1. The van der Waals surface area contributed by atoms with E-state index in [9.17, 15) is 10.1 Å². The summed E-state index contributed by atoms with van der Waals surface area (Å²) in [5.74, 6) is 1.30. The molecule has 0 aromatic heterocycles. The van der Waals surface area contributed by atoms with E-state index in [-0.39, 0.29) is 28.5 Å². The first-order valence-corrected chi connectivity index (χ1v) is 9.94. The number of nitro groups is 1. The maximum atomic E-state index is 11.6. The zero-order valence-electron chi connectivity index (χ0n) is 15.2. The van der Waals surface area contributed by atoms with Gasteiger partial charge in [-0.15, -0.1) is 0 Å². The number of benzene rings is 2. The second-order valence-electron chi connectivity index (χ2n) is 6.83.